The number of rotatable bonds is 11. The van der Waals surface area contributed by atoms with E-state index in [0.29, 0.717) is 12.4 Å². The van der Waals surface area contributed by atoms with Crippen LogP contribution in [0.1, 0.15) is 18.9 Å². The Morgan fingerprint density at radius 1 is 1.26 bits per heavy atom. The standard InChI is InChI=1S/C17H25N3O3/c1-2-22-17-12-15(4-5-16(17)23-11-10-21)13-18-6-3-8-20-9-7-19-14-20/h4-5,7,9,12,14,18,21H,2-3,6,8,10-11,13H2,1H3. The Kier molecular flexibility index (Phi) is 7.42. The van der Waals surface area contributed by atoms with E-state index >= 15 is 0 Å². The molecular weight excluding hydrogens is 294 g/mol. The van der Waals surface area contributed by atoms with Crippen molar-refractivity contribution in [3.05, 3.63) is 42.5 Å². The average Bonchev–Trinajstić information content (AvgIpc) is 3.07. The van der Waals surface area contributed by atoms with E-state index in [9.17, 15) is 0 Å². The molecule has 6 nitrogen and oxygen atoms in total. The first-order chi connectivity index (χ1) is 11.3. The van der Waals surface area contributed by atoms with E-state index in [0.717, 1.165) is 37.4 Å². The highest BCUT2D eigenvalue weighted by Crippen LogP contribution is 2.28. The monoisotopic (exact) mass is 319 g/mol. The largest absolute Gasteiger partial charge is 0.490 e. The molecule has 0 bridgehead atoms. The third kappa shape index (κ3) is 5.92. The summed E-state index contributed by atoms with van der Waals surface area (Å²) in [7, 11) is 0. The molecule has 0 saturated heterocycles. The normalized spacial score (nSPS) is 10.7. The summed E-state index contributed by atoms with van der Waals surface area (Å²) in [6.07, 6.45) is 6.65. The predicted octanol–water partition coefficient (Wildman–Crippen LogP) is 1.83. The fourth-order valence-electron chi connectivity index (χ4n) is 2.24. The molecule has 1 aromatic heterocycles. The van der Waals surface area contributed by atoms with E-state index in [2.05, 4.69) is 14.9 Å². The third-order valence-corrected chi connectivity index (χ3v) is 3.31. The Bertz CT molecular complexity index is 558. The van der Waals surface area contributed by atoms with E-state index in [1.54, 1.807) is 6.20 Å². The summed E-state index contributed by atoms with van der Waals surface area (Å²) in [6.45, 7) is 5.46. The summed E-state index contributed by atoms with van der Waals surface area (Å²) in [6, 6.07) is 5.89. The van der Waals surface area contributed by atoms with Gasteiger partial charge in [0.1, 0.15) is 6.61 Å². The molecule has 0 radical (unpaired) electrons. The molecule has 0 saturated carbocycles. The molecule has 0 fully saturated rings. The van der Waals surface area contributed by atoms with Gasteiger partial charge in [-0.15, -0.1) is 0 Å². The Labute approximate surface area is 137 Å². The van der Waals surface area contributed by atoms with Crippen molar-refractivity contribution in [1.82, 2.24) is 14.9 Å². The number of aromatic nitrogens is 2. The van der Waals surface area contributed by atoms with Gasteiger partial charge in [0.25, 0.3) is 0 Å². The molecule has 0 amide bonds. The number of aryl methyl sites for hydroxylation is 1. The van der Waals surface area contributed by atoms with Crippen LogP contribution in [0.4, 0.5) is 0 Å². The van der Waals surface area contributed by atoms with Crippen molar-refractivity contribution in [3.8, 4) is 11.5 Å². The second-order valence-corrected chi connectivity index (χ2v) is 5.12. The Morgan fingerprint density at radius 3 is 2.91 bits per heavy atom. The van der Waals surface area contributed by atoms with E-state index < -0.39 is 0 Å². The van der Waals surface area contributed by atoms with Crippen LogP contribution < -0.4 is 14.8 Å². The van der Waals surface area contributed by atoms with E-state index in [1.807, 2.05) is 37.6 Å². The van der Waals surface area contributed by atoms with Crippen molar-refractivity contribution in [2.45, 2.75) is 26.4 Å². The topological polar surface area (TPSA) is 68.5 Å². The molecule has 0 unspecified atom stereocenters. The van der Waals surface area contributed by atoms with Crippen LogP contribution in [0.3, 0.4) is 0 Å². The predicted molar refractivity (Wildman–Crippen MR) is 88.7 cm³/mol. The zero-order valence-electron chi connectivity index (χ0n) is 13.6. The summed E-state index contributed by atoms with van der Waals surface area (Å²) in [5, 5.41) is 12.3. The Morgan fingerprint density at radius 2 is 2.17 bits per heavy atom. The van der Waals surface area contributed by atoms with Gasteiger partial charge in [-0.1, -0.05) is 6.07 Å². The van der Waals surface area contributed by atoms with Crippen molar-refractivity contribution >= 4 is 0 Å². The van der Waals surface area contributed by atoms with E-state index in [1.165, 1.54) is 0 Å². The zero-order valence-corrected chi connectivity index (χ0v) is 13.6. The van der Waals surface area contributed by atoms with Crippen molar-refractivity contribution in [1.29, 1.82) is 0 Å². The number of benzene rings is 1. The summed E-state index contributed by atoms with van der Waals surface area (Å²) < 4.78 is 13.2. The molecule has 0 aliphatic rings. The number of aliphatic hydroxyl groups excluding tert-OH is 1. The van der Waals surface area contributed by atoms with Crippen LogP contribution >= 0.6 is 0 Å². The molecule has 6 heteroatoms. The lowest BCUT2D eigenvalue weighted by Crippen LogP contribution is -2.16. The van der Waals surface area contributed by atoms with Crippen LogP contribution in [0.2, 0.25) is 0 Å². The first-order valence-corrected chi connectivity index (χ1v) is 7.99. The summed E-state index contributed by atoms with van der Waals surface area (Å²) in [5.74, 6) is 1.39. The van der Waals surface area contributed by atoms with E-state index in [4.69, 9.17) is 14.6 Å². The second kappa shape index (κ2) is 9.86. The maximum absolute atomic E-state index is 8.86. The first kappa shape index (κ1) is 17.3. The van der Waals surface area contributed by atoms with Gasteiger partial charge in [-0.2, -0.15) is 0 Å². The average molecular weight is 319 g/mol. The highest BCUT2D eigenvalue weighted by molar-refractivity contribution is 5.43. The van der Waals surface area contributed by atoms with Crippen LogP contribution in [0.5, 0.6) is 11.5 Å². The van der Waals surface area contributed by atoms with Gasteiger partial charge >= 0.3 is 0 Å². The van der Waals surface area contributed by atoms with Crippen molar-refractivity contribution in [2.75, 3.05) is 26.4 Å². The molecule has 0 aliphatic heterocycles. The maximum Gasteiger partial charge on any atom is 0.161 e. The van der Waals surface area contributed by atoms with Crippen LogP contribution in [0, 0.1) is 0 Å². The summed E-state index contributed by atoms with van der Waals surface area (Å²) >= 11 is 0. The van der Waals surface area contributed by atoms with Crippen molar-refractivity contribution in [3.63, 3.8) is 0 Å². The van der Waals surface area contributed by atoms with Gasteiger partial charge in [0.15, 0.2) is 11.5 Å². The highest BCUT2D eigenvalue weighted by Gasteiger charge is 2.06. The lowest BCUT2D eigenvalue weighted by Gasteiger charge is -2.13. The number of nitrogens with one attached hydrogen (secondary N) is 1. The van der Waals surface area contributed by atoms with Gasteiger partial charge < -0.3 is 24.5 Å². The van der Waals surface area contributed by atoms with Gasteiger partial charge in [0.2, 0.25) is 0 Å². The van der Waals surface area contributed by atoms with Gasteiger partial charge in [0.05, 0.1) is 19.5 Å². The smallest absolute Gasteiger partial charge is 0.161 e. The number of ether oxygens (including phenoxy) is 2. The summed E-state index contributed by atoms with van der Waals surface area (Å²) in [5.41, 5.74) is 1.15. The molecule has 2 rings (SSSR count). The number of imidazole rings is 1. The van der Waals surface area contributed by atoms with Crippen LogP contribution in [0.25, 0.3) is 0 Å². The van der Waals surface area contributed by atoms with Crippen LogP contribution in [0.15, 0.2) is 36.9 Å². The fourth-order valence-corrected chi connectivity index (χ4v) is 2.24. The minimum atomic E-state index is -0.00815. The molecule has 2 aromatic rings. The number of hydrogen-bond acceptors (Lipinski definition) is 5. The third-order valence-electron chi connectivity index (χ3n) is 3.31. The van der Waals surface area contributed by atoms with Gasteiger partial charge in [0, 0.05) is 25.5 Å². The lowest BCUT2D eigenvalue weighted by atomic mass is 10.2. The fraction of sp³-hybridized carbons (Fsp3) is 0.471. The second-order valence-electron chi connectivity index (χ2n) is 5.12. The number of aliphatic hydroxyl groups is 1. The van der Waals surface area contributed by atoms with Crippen molar-refractivity contribution < 1.29 is 14.6 Å². The van der Waals surface area contributed by atoms with Crippen molar-refractivity contribution in [2.24, 2.45) is 0 Å². The van der Waals surface area contributed by atoms with Gasteiger partial charge in [-0.25, -0.2) is 4.98 Å². The molecule has 1 aromatic carbocycles. The van der Waals surface area contributed by atoms with Gasteiger partial charge in [-0.3, -0.25) is 0 Å². The number of hydrogen-bond donors (Lipinski definition) is 2. The molecule has 23 heavy (non-hydrogen) atoms. The Hall–Kier alpha value is -2.05. The molecular formula is C17H25N3O3. The molecule has 126 valence electrons. The van der Waals surface area contributed by atoms with Gasteiger partial charge in [-0.05, 0) is 37.6 Å². The SMILES string of the molecule is CCOc1cc(CNCCCn2ccnc2)ccc1OCCO. The number of nitrogens with zero attached hydrogens (tertiary/aromatic N) is 2. The minimum Gasteiger partial charge on any atom is -0.490 e. The molecule has 0 aliphatic carbocycles. The zero-order chi connectivity index (χ0) is 16.3. The van der Waals surface area contributed by atoms with E-state index in [-0.39, 0.29) is 13.2 Å². The quantitative estimate of drug-likeness (QED) is 0.619. The Balaban J connectivity index is 1.78. The van der Waals surface area contributed by atoms with Crippen LogP contribution in [-0.2, 0) is 13.1 Å². The minimum absolute atomic E-state index is 0.00815. The maximum atomic E-state index is 8.86. The van der Waals surface area contributed by atoms with Crippen LogP contribution in [-0.4, -0.2) is 41.0 Å². The molecule has 0 atom stereocenters. The molecule has 2 N–H and O–H groups in total. The molecule has 0 spiro atoms. The lowest BCUT2D eigenvalue weighted by molar-refractivity contribution is 0.194. The summed E-state index contributed by atoms with van der Waals surface area (Å²) in [4.78, 5) is 4.03. The molecule has 1 heterocycles. The first-order valence-electron chi connectivity index (χ1n) is 7.99. The highest BCUT2D eigenvalue weighted by atomic mass is 16.5.